The Balaban J connectivity index is 2.13. The summed E-state index contributed by atoms with van der Waals surface area (Å²) in [5, 5.41) is 0. The Hall–Kier alpha value is -2.80. The van der Waals surface area contributed by atoms with Gasteiger partial charge in [0.15, 0.2) is 0 Å². The van der Waals surface area contributed by atoms with Gasteiger partial charge in [0.25, 0.3) is 0 Å². The molecule has 1 nitrogen and oxygen atoms in total. The van der Waals surface area contributed by atoms with Crippen molar-refractivity contribution in [2.45, 2.75) is 5.92 Å². The summed E-state index contributed by atoms with van der Waals surface area (Å²) in [4.78, 5) is 0. The minimum Gasteiger partial charge on any atom is -0.496 e. The lowest BCUT2D eigenvalue weighted by Gasteiger charge is -2.23. The summed E-state index contributed by atoms with van der Waals surface area (Å²) >= 11 is 0. The normalized spacial score (nSPS) is 11.7. The van der Waals surface area contributed by atoms with Crippen LogP contribution in [0, 0.1) is 0 Å². The van der Waals surface area contributed by atoms with Crippen LogP contribution < -0.4 is 4.74 Å². The maximum atomic E-state index is 5.59. The number of ether oxygens (including phenoxy) is 1. The molecular weight excluding hydrogens is 280 g/mol. The highest BCUT2D eigenvalue weighted by Gasteiger charge is 2.21. The molecular formula is C22H20O. The van der Waals surface area contributed by atoms with E-state index in [-0.39, 0.29) is 5.92 Å². The zero-order valence-corrected chi connectivity index (χ0v) is 13.3. The molecule has 0 N–H and O–H groups in total. The lowest BCUT2D eigenvalue weighted by Crippen LogP contribution is -2.05. The van der Waals surface area contributed by atoms with Crippen LogP contribution in [0.25, 0.3) is 5.57 Å². The van der Waals surface area contributed by atoms with E-state index in [1.807, 2.05) is 42.5 Å². The van der Waals surface area contributed by atoms with Crippen molar-refractivity contribution >= 4 is 5.57 Å². The molecule has 3 rings (SSSR count). The van der Waals surface area contributed by atoms with Crippen LogP contribution in [-0.2, 0) is 0 Å². The summed E-state index contributed by atoms with van der Waals surface area (Å²) in [7, 11) is 1.71. The molecule has 0 heterocycles. The summed E-state index contributed by atoms with van der Waals surface area (Å²) < 4.78 is 5.59. The fourth-order valence-electron chi connectivity index (χ4n) is 2.94. The van der Waals surface area contributed by atoms with Gasteiger partial charge in [-0.25, -0.2) is 0 Å². The molecule has 0 spiro atoms. The van der Waals surface area contributed by atoms with Crippen LogP contribution >= 0.6 is 0 Å². The van der Waals surface area contributed by atoms with Gasteiger partial charge in [0.05, 0.1) is 7.11 Å². The van der Waals surface area contributed by atoms with Crippen molar-refractivity contribution in [2.24, 2.45) is 0 Å². The van der Waals surface area contributed by atoms with Crippen molar-refractivity contribution in [1.29, 1.82) is 0 Å². The molecule has 114 valence electrons. The zero-order chi connectivity index (χ0) is 16.1. The van der Waals surface area contributed by atoms with Gasteiger partial charge in [0, 0.05) is 11.5 Å². The Labute approximate surface area is 137 Å². The van der Waals surface area contributed by atoms with Gasteiger partial charge in [0.1, 0.15) is 5.75 Å². The predicted molar refractivity (Wildman–Crippen MR) is 96.8 cm³/mol. The van der Waals surface area contributed by atoms with Crippen molar-refractivity contribution in [3.63, 3.8) is 0 Å². The van der Waals surface area contributed by atoms with Crippen molar-refractivity contribution in [1.82, 2.24) is 0 Å². The lowest BCUT2D eigenvalue weighted by atomic mass is 9.82. The molecule has 1 unspecified atom stereocenters. The fraction of sp³-hybridized carbons (Fsp3) is 0.0909. The Morgan fingerprint density at radius 1 is 0.783 bits per heavy atom. The number of hydrogen-bond acceptors (Lipinski definition) is 1. The van der Waals surface area contributed by atoms with E-state index in [0.29, 0.717) is 0 Å². The first-order valence-electron chi connectivity index (χ1n) is 7.73. The molecule has 0 saturated heterocycles. The Morgan fingerprint density at radius 2 is 1.35 bits per heavy atom. The second-order valence-electron chi connectivity index (χ2n) is 5.48. The average molecular weight is 300 g/mol. The van der Waals surface area contributed by atoms with E-state index >= 15 is 0 Å². The molecule has 0 aromatic heterocycles. The number of hydrogen-bond donors (Lipinski definition) is 0. The molecule has 0 saturated carbocycles. The molecule has 1 atom stereocenters. The predicted octanol–water partition coefficient (Wildman–Crippen LogP) is 5.54. The topological polar surface area (TPSA) is 9.23 Å². The van der Waals surface area contributed by atoms with E-state index < -0.39 is 0 Å². The van der Waals surface area contributed by atoms with Crippen LogP contribution in [-0.4, -0.2) is 7.11 Å². The van der Waals surface area contributed by atoms with Crippen LogP contribution in [0.3, 0.4) is 0 Å². The van der Waals surface area contributed by atoms with E-state index in [0.717, 1.165) is 22.4 Å². The fourth-order valence-corrected chi connectivity index (χ4v) is 2.94. The molecule has 1 heteroatoms. The van der Waals surface area contributed by atoms with Crippen LogP contribution in [0.2, 0.25) is 0 Å². The van der Waals surface area contributed by atoms with Crippen LogP contribution in [0.15, 0.2) is 91.5 Å². The van der Waals surface area contributed by atoms with E-state index in [1.54, 1.807) is 7.11 Å². The summed E-state index contributed by atoms with van der Waals surface area (Å²) in [6, 6.07) is 28.9. The Bertz CT molecular complexity index is 775. The first-order chi connectivity index (χ1) is 11.3. The molecule has 0 bridgehead atoms. The number of rotatable bonds is 5. The van der Waals surface area contributed by atoms with E-state index in [2.05, 4.69) is 49.0 Å². The summed E-state index contributed by atoms with van der Waals surface area (Å²) in [6.45, 7) is 4.40. The van der Waals surface area contributed by atoms with Crippen LogP contribution in [0.5, 0.6) is 5.75 Å². The number of benzene rings is 3. The largest absolute Gasteiger partial charge is 0.496 e. The maximum Gasteiger partial charge on any atom is 0.123 e. The van der Waals surface area contributed by atoms with Gasteiger partial charge in [-0.05, 0) is 22.8 Å². The van der Waals surface area contributed by atoms with Gasteiger partial charge in [0.2, 0.25) is 0 Å². The molecule has 0 radical (unpaired) electrons. The van der Waals surface area contributed by atoms with Gasteiger partial charge in [-0.3, -0.25) is 0 Å². The van der Waals surface area contributed by atoms with Crippen molar-refractivity contribution in [3.05, 3.63) is 108 Å². The molecule has 3 aromatic rings. The third-order valence-electron chi connectivity index (χ3n) is 4.08. The minimum atomic E-state index is 0.0646. The smallest absolute Gasteiger partial charge is 0.123 e. The highest BCUT2D eigenvalue weighted by atomic mass is 16.5. The maximum absolute atomic E-state index is 5.59. The first kappa shape index (κ1) is 15.1. The lowest BCUT2D eigenvalue weighted by molar-refractivity contribution is 0.409. The standard InChI is InChI=1S/C22H20O/c1-17(18-11-5-3-6-12-18)22(19-13-7-4-8-14-19)20-15-9-10-16-21(20)23-2/h3-16,22H,1H2,2H3. The van der Waals surface area contributed by atoms with Gasteiger partial charge < -0.3 is 4.74 Å². The van der Waals surface area contributed by atoms with Crippen LogP contribution in [0.4, 0.5) is 0 Å². The van der Waals surface area contributed by atoms with Crippen molar-refractivity contribution in [2.75, 3.05) is 7.11 Å². The highest BCUT2D eigenvalue weighted by molar-refractivity contribution is 5.74. The molecule has 3 aromatic carbocycles. The average Bonchev–Trinajstić information content (AvgIpc) is 2.64. The minimum absolute atomic E-state index is 0.0646. The number of methoxy groups -OCH3 is 1. The second kappa shape index (κ2) is 6.97. The third kappa shape index (κ3) is 3.19. The van der Waals surface area contributed by atoms with Gasteiger partial charge in [-0.15, -0.1) is 0 Å². The monoisotopic (exact) mass is 300 g/mol. The van der Waals surface area contributed by atoms with Crippen LogP contribution in [0.1, 0.15) is 22.6 Å². The van der Waals surface area contributed by atoms with Gasteiger partial charge in [-0.1, -0.05) is 85.4 Å². The third-order valence-corrected chi connectivity index (χ3v) is 4.08. The first-order valence-corrected chi connectivity index (χ1v) is 7.73. The molecule has 0 fully saturated rings. The molecule has 23 heavy (non-hydrogen) atoms. The highest BCUT2D eigenvalue weighted by Crippen LogP contribution is 2.40. The Morgan fingerprint density at radius 3 is 2.00 bits per heavy atom. The van der Waals surface area contributed by atoms with E-state index in [9.17, 15) is 0 Å². The van der Waals surface area contributed by atoms with E-state index in [4.69, 9.17) is 4.74 Å². The van der Waals surface area contributed by atoms with Crippen molar-refractivity contribution < 1.29 is 4.74 Å². The van der Waals surface area contributed by atoms with Gasteiger partial charge in [-0.2, -0.15) is 0 Å². The second-order valence-corrected chi connectivity index (χ2v) is 5.48. The Kier molecular flexibility index (Phi) is 4.58. The zero-order valence-electron chi connectivity index (χ0n) is 13.3. The molecule has 0 aliphatic rings. The number of allylic oxidation sites excluding steroid dienone is 1. The summed E-state index contributed by atoms with van der Waals surface area (Å²) in [5.74, 6) is 0.952. The quantitative estimate of drug-likeness (QED) is 0.601. The van der Waals surface area contributed by atoms with E-state index in [1.165, 1.54) is 5.56 Å². The van der Waals surface area contributed by atoms with Gasteiger partial charge >= 0.3 is 0 Å². The van der Waals surface area contributed by atoms with Crippen molar-refractivity contribution in [3.8, 4) is 5.75 Å². The number of para-hydroxylation sites is 1. The SMILES string of the molecule is C=C(c1ccccc1)C(c1ccccc1)c1ccccc1OC. The summed E-state index contributed by atoms with van der Waals surface area (Å²) in [5.41, 5.74) is 4.56. The molecule has 0 aliphatic carbocycles. The summed E-state index contributed by atoms with van der Waals surface area (Å²) in [6.07, 6.45) is 0. The molecule has 0 amide bonds. The molecule has 0 aliphatic heterocycles.